The van der Waals surface area contributed by atoms with E-state index in [-0.39, 0.29) is 17.2 Å². The Morgan fingerprint density at radius 3 is 2.39 bits per heavy atom. The number of amides is 2. The highest BCUT2D eigenvalue weighted by molar-refractivity contribution is 6.11. The zero-order valence-electron chi connectivity index (χ0n) is 19.3. The van der Waals surface area contributed by atoms with E-state index in [0.717, 1.165) is 36.5 Å². The Labute approximate surface area is 184 Å². The number of benzene rings is 1. The molecule has 1 aromatic carbocycles. The van der Waals surface area contributed by atoms with Crippen LogP contribution in [-0.4, -0.2) is 70.7 Å². The first-order chi connectivity index (χ1) is 14.7. The maximum absolute atomic E-state index is 14.0. The summed E-state index contributed by atoms with van der Waals surface area (Å²) in [5.41, 5.74) is 3.00. The van der Waals surface area contributed by atoms with Crippen molar-refractivity contribution in [2.24, 2.45) is 7.05 Å². The standard InChI is InChI=1S/C24H33N5O2/c1-24(2,3)21-18(16-27(5)25-21)22(30)29-19-9-7-6-8-17(19)10-11-20(29)23(31)28-14-12-26(4)13-15-28/h6-9,16,20H,10-15H2,1-5H3. The number of fused-ring (bicyclic) bond motifs is 1. The number of piperazine rings is 1. The van der Waals surface area contributed by atoms with Gasteiger partial charge in [0.2, 0.25) is 5.91 Å². The first kappa shape index (κ1) is 21.6. The smallest absolute Gasteiger partial charge is 0.262 e. The molecule has 0 N–H and O–H groups in total. The molecule has 1 fully saturated rings. The first-order valence-electron chi connectivity index (χ1n) is 11.1. The zero-order valence-corrected chi connectivity index (χ0v) is 19.3. The maximum atomic E-state index is 14.0. The van der Waals surface area contributed by atoms with Gasteiger partial charge in [0.25, 0.3) is 5.91 Å². The predicted molar refractivity (Wildman–Crippen MR) is 121 cm³/mol. The van der Waals surface area contributed by atoms with Gasteiger partial charge in [0.15, 0.2) is 0 Å². The third-order valence-corrected chi connectivity index (χ3v) is 6.34. The van der Waals surface area contributed by atoms with Gasteiger partial charge in [0, 0.05) is 50.5 Å². The van der Waals surface area contributed by atoms with Crippen molar-refractivity contribution in [1.29, 1.82) is 0 Å². The van der Waals surface area contributed by atoms with Gasteiger partial charge in [-0.3, -0.25) is 19.2 Å². The summed E-state index contributed by atoms with van der Waals surface area (Å²) in [4.78, 5) is 33.5. The van der Waals surface area contributed by atoms with Crippen LogP contribution in [0.4, 0.5) is 5.69 Å². The molecule has 7 heteroatoms. The Bertz CT molecular complexity index is 982. The van der Waals surface area contributed by atoms with Crippen LogP contribution < -0.4 is 4.90 Å². The van der Waals surface area contributed by atoms with Crippen molar-refractivity contribution in [3.63, 3.8) is 0 Å². The molecule has 3 heterocycles. The fraction of sp³-hybridized carbons (Fsp3) is 0.542. The average molecular weight is 424 g/mol. The summed E-state index contributed by atoms with van der Waals surface area (Å²) in [6.07, 6.45) is 3.22. The van der Waals surface area contributed by atoms with Gasteiger partial charge in [0.1, 0.15) is 6.04 Å². The molecule has 31 heavy (non-hydrogen) atoms. The molecule has 2 aliphatic heterocycles. The summed E-state index contributed by atoms with van der Waals surface area (Å²) in [6, 6.07) is 7.47. The molecule has 2 amide bonds. The molecule has 1 atom stereocenters. The third-order valence-electron chi connectivity index (χ3n) is 6.34. The number of aromatic nitrogens is 2. The first-order valence-corrected chi connectivity index (χ1v) is 11.1. The van der Waals surface area contributed by atoms with Gasteiger partial charge in [-0.2, -0.15) is 5.10 Å². The van der Waals surface area contributed by atoms with E-state index in [1.807, 2.05) is 30.1 Å². The molecule has 1 aromatic heterocycles. The van der Waals surface area contributed by atoms with Crippen LogP contribution in [0.3, 0.4) is 0 Å². The van der Waals surface area contributed by atoms with Gasteiger partial charge in [-0.05, 0) is 31.5 Å². The molecule has 1 saturated heterocycles. The van der Waals surface area contributed by atoms with Crippen LogP contribution in [0, 0.1) is 0 Å². The second-order valence-corrected chi connectivity index (χ2v) is 9.80. The molecule has 7 nitrogen and oxygen atoms in total. The molecule has 0 spiro atoms. The lowest BCUT2D eigenvalue weighted by Gasteiger charge is -2.41. The number of rotatable bonds is 2. The van der Waals surface area contributed by atoms with Crippen molar-refractivity contribution < 1.29 is 9.59 Å². The van der Waals surface area contributed by atoms with E-state index in [1.54, 1.807) is 15.8 Å². The minimum atomic E-state index is -0.487. The van der Waals surface area contributed by atoms with Gasteiger partial charge in [0.05, 0.1) is 11.3 Å². The molecule has 2 aromatic rings. The molecular weight excluding hydrogens is 390 g/mol. The van der Waals surface area contributed by atoms with Crippen LogP contribution in [0.1, 0.15) is 48.8 Å². The number of anilines is 1. The number of aryl methyl sites for hydroxylation is 2. The van der Waals surface area contributed by atoms with Gasteiger partial charge in [-0.15, -0.1) is 0 Å². The van der Waals surface area contributed by atoms with E-state index >= 15 is 0 Å². The fourth-order valence-corrected chi connectivity index (χ4v) is 4.60. The summed E-state index contributed by atoms with van der Waals surface area (Å²) >= 11 is 0. The fourth-order valence-electron chi connectivity index (χ4n) is 4.60. The van der Waals surface area contributed by atoms with E-state index in [4.69, 9.17) is 0 Å². The second kappa shape index (κ2) is 8.11. The Morgan fingerprint density at radius 2 is 1.71 bits per heavy atom. The van der Waals surface area contributed by atoms with E-state index in [2.05, 4.69) is 43.9 Å². The largest absolute Gasteiger partial charge is 0.338 e. The molecule has 4 rings (SSSR count). The van der Waals surface area contributed by atoms with E-state index < -0.39 is 6.04 Å². The van der Waals surface area contributed by atoms with E-state index in [1.165, 1.54) is 0 Å². The SMILES string of the molecule is CN1CCN(C(=O)C2CCc3ccccc3N2C(=O)c2cn(C)nc2C(C)(C)C)CC1. The summed E-state index contributed by atoms with van der Waals surface area (Å²) in [5.74, 6) is -0.0881. The summed E-state index contributed by atoms with van der Waals surface area (Å²) < 4.78 is 1.70. The molecule has 0 bridgehead atoms. The highest BCUT2D eigenvalue weighted by Crippen LogP contribution is 2.34. The Balaban J connectivity index is 1.74. The molecule has 0 aliphatic carbocycles. The van der Waals surface area contributed by atoms with E-state index in [9.17, 15) is 9.59 Å². The zero-order chi connectivity index (χ0) is 22.3. The summed E-state index contributed by atoms with van der Waals surface area (Å²) in [7, 11) is 3.91. The number of hydrogen-bond acceptors (Lipinski definition) is 4. The van der Waals surface area contributed by atoms with Crippen molar-refractivity contribution in [3.8, 4) is 0 Å². The summed E-state index contributed by atoms with van der Waals surface area (Å²) in [6.45, 7) is 9.31. The molecule has 2 aliphatic rings. The number of hydrogen-bond donors (Lipinski definition) is 0. The van der Waals surface area contributed by atoms with Crippen LogP contribution in [0.5, 0.6) is 0 Å². The van der Waals surface area contributed by atoms with Crippen molar-refractivity contribution >= 4 is 17.5 Å². The number of carbonyl (C=O) groups excluding carboxylic acids is 2. The lowest BCUT2D eigenvalue weighted by molar-refractivity contribution is -0.134. The van der Waals surface area contributed by atoms with Crippen LogP contribution in [-0.2, 0) is 23.7 Å². The van der Waals surface area contributed by atoms with E-state index in [0.29, 0.717) is 25.1 Å². The Kier molecular flexibility index (Phi) is 5.64. The van der Waals surface area contributed by atoms with Crippen molar-refractivity contribution in [2.75, 3.05) is 38.1 Å². The highest BCUT2D eigenvalue weighted by atomic mass is 16.2. The number of nitrogens with zero attached hydrogens (tertiary/aromatic N) is 5. The second-order valence-electron chi connectivity index (χ2n) is 9.80. The van der Waals surface area contributed by atoms with Crippen molar-refractivity contribution in [3.05, 3.63) is 47.3 Å². The minimum Gasteiger partial charge on any atom is -0.338 e. The lowest BCUT2D eigenvalue weighted by Crippen LogP contribution is -2.57. The number of carbonyl (C=O) groups is 2. The van der Waals surface area contributed by atoms with Crippen LogP contribution in [0.25, 0.3) is 0 Å². The highest BCUT2D eigenvalue weighted by Gasteiger charge is 2.40. The number of likely N-dealkylation sites (N-methyl/N-ethyl adjacent to an activating group) is 1. The molecule has 0 saturated carbocycles. The topological polar surface area (TPSA) is 61.7 Å². The monoisotopic (exact) mass is 423 g/mol. The van der Waals surface area contributed by atoms with Gasteiger partial charge in [-0.25, -0.2) is 0 Å². The lowest BCUT2D eigenvalue weighted by atomic mass is 9.88. The van der Waals surface area contributed by atoms with Crippen molar-refractivity contribution in [2.45, 2.75) is 45.1 Å². The van der Waals surface area contributed by atoms with Gasteiger partial charge < -0.3 is 9.80 Å². The Morgan fingerprint density at radius 1 is 1.03 bits per heavy atom. The normalized spacial score (nSPS) is 20.0. The maximum Gasteiger partial charge on any atom is 0.262 e. The molecular formula is C24H33N5O2. The quantitative estimate of drug-likeness (QED) is 0.745. The van der Waals surface area contributed by atoms with Crippen LogP contribution in [0.2, 0.25) is 0 Å². The average Bonchev–Trinajstić information content (AvgIpc) is 3.15. The van der Waals surface area contributed by atoms with Crippen LogP contribution in [0.15, 0.2) is 30.5 Å². The minimum absolute atomic E-state index is 0.0529. The molecule has 0 radical (unpaired) electrons. The number of para-hydroxylation sites is 1. The molecule has 1 unspecified atom stereocenters. The predicted octanol–water partition coefficient (Wildman–Crippen LogP) is 2.45. The summed E-state index contributed by atoms with van der Waals surface area (Å²) in [5, 5.41) is 4.59. The van der Waals surface area contributed by atoms with Crippen molar-refractivity contribution in [1.82, 2.24) is 19.6 Å². The Hall–Kier alpha value is -2.67. The molecule has 166 valence electrons. The third kappa shape index (κ3) is 4.11. The van der Waals surface area contributed by atoms with Gasteiger partial charge >= 0.3 is 0 Å². The van der Waals surface area contributed by atoms with Gasteiger partial charge in [-0.1, -0.05) is 39.0 Å². The van der Waals surface area contributed by atoms with Crippen LogP contribution >= 0.6 is 0 Å².